The lowest BCUT2D eigenvalue weighted by Gasteiger charge is -2.09. The summed E-state index contributed by atoms with van der Waals surface area (Å²) in [5.41, 5.74) is -0.937. The maximum atomic E-state index is 12.5. The highest BCUT2D eigenvalue weighted by atomic mass is 19.4. The van der Waals surface area contributed by atoms with E-state index in [2.05, 4.69) is 10.1 Å². The number of nitrogens with zero attached hydrogens (tertiary/aromatic N) is 3. The summed E-state index contributed by atoms with van der Waals surface area (Å²) in [5.74, 6) is -0.0187. The van der Waals surface area contributed by atoms with Crippen LogP contribution in [-0.4, -0.2) is 21.9 Å². The zero-order valence-electron chi connectivity index (χ0n) is 10.6. The predicted octanol–water partition coefficient (Wildman–Crippen LogP) is 1.87. The van der Waals surface area contributed by atoms with Gasteiger partial charge in [0.15, 0.2) is 5.75 Å². The summed E-state index contributed by atoms with van der Waals surface area (Å²) >= 11 is 0. The van der Waals surface area contributed by atoms with E-state index in [0.29, 0.717) is 6.20 Å². The van der Waals surface area contributed by atoms with Gasteiger partial charge in [0, 0.05) is 13.2 Å². The van der Waals surface area contributed by atoms with E-state index in [-0.39, 0.29) is 17.0 Å². The van der Waals surface area contributed by atoms with Gasteiger partial charge in [-0.25, -0.2) is 4.68 Å². The average molecular weight is 285 g/mol. The Bertz CT molecular complexity index is 678. The zero-order valence-corrected chi connectivity index (χ0v) is 10.6. The van der Waals surface area contributed by atoms with E-state index in [0.717, 1.165) is 10.7 Å². The lowest BCUT2D eigenvalue weighted by Crippen LogP contribution is -2.21. The summed E-state index contributed by atoms with van der Waals surface area (Å²) in [7, 11) is 2.74. The van der Waals surface area contributed by atoms with Crippen molar-refractivity contribution in [3.8, 4) is 17.0 Å². The van der Waals surface area contributed by atoms with Gasteiger partial charge in [-0.15, -0.1) is 0 Å². The van der Waals surface area contributed by atoms with E-state index in [9.17, 15) is 18.0 Å². The lowest BCUT2D eigenvalue weighted by molar-refractivity contribution is -0.137. The number of aromatic nitrogens is 3. The van der Waals surface area contributed by atoms with Crippen LogP contribution in [0.2, 0.25) is 0 Å². The van der Waals surface area contributed by atoms with Crippen molar-refractivity contribution >= 4 is 0 Å². The van der Waals surface area contributed by atoms with E-state index in [1.54, 1.807) is 0 Å². The number of alkyl halides is 3. The van der Waals surface area contributed by atoms with E-state index in [4.69, 9.17) is 4.74 Å². The summed E-state index contributed by atoms with van der Waals surface area (Å²) in [6.45, 7) is 0. The van der Waals surface area contributed by atoms with Crippen molar-refractivity contribution in [2.45, 2.75) is 6.18 Å². The summed E-state index contributed by atoms with van der Waals surface area (Å²) < 4.78 is 43.4. The van der Waals surface area contributed by atoms with Gasteiger partial charge in [0.25, 0.3) is 0 Å². The van der Waals surface area contributed by atoms with Crippen LogP contribution in [-0.2, 0) is 13.2 Å². The number of halogens is 3. The fraction of sp³-hybridized carbons (Fsp3) is 0.250. The third-order valence-electron chi connectivity index (χ3n) is 2.66. The maximum Gasteiger partial charge on any atom is 0.417 e. The Morgan fingerprint density at radius 1 is 1.25 bits per heavy atom. The van der Waals surface area contributed by atoms with E-state index >= 15 is 0 Å². The number of hydrogen-bond acceptors (Lipinski definition) is 4. The standard InChI is InChI=1S/C12H10F3N3O2/c1-18-11(19)10(20-2)8(6-17-18)9-4-3-7(5-16-9)12(13,14)15/h3-6H,1-2H3. The molecule has 0 aliphatic carbocycles. The molecule has 2 heterocycles. The molecule has 0 bridgehead atoms. The second-order valence-electron chi connectivity index (χ2n) is 3.95. The van der Waals surface area contributed by atoms with Crippen molar-refractivity contribution in [1.29, 1.82) is 0 Å². The lowest BCUT2D eigenvalue weighted by atomic mass is 10.1. The zero-order chi connectivity index (χ0) is 14.9. The second-order valence-corrected chi connectivity index (χ2v) is 3.95. The third-order valence-corrected chi connectivity index (χ3v) is 2.66. The van der Waals surface area contributed by atoms with Crippen LogP contribution in [0.1, 0.15) is 5.56 Å². The largest absolute Gasteiger partial charge is 0.491 e. The SMILES string of the molecule is COc1c(-c2ccc(C(F)(F)F)cn2)cnn(C)c1=O. The molecule has 0 fully saturated rings. The van der Waals surface area contributed by atoms with Crippen LogP contribution >= 0.6 is 0 Å². The quantitative estimate of drug-likeness (QED) is 0.845. The van der Waals surface area contributed by atoms with Crippen molar-refractivity contribution in [3.05, 3.63) is 40.4 Å². The van der Waals surface area contributed by atoms with Gasteiger partial charge < -0.3 is 4.74 Å². The van der Waals surface area contributed by atoms with Gasteiger partial charge in [0.05, 0.1) is 30.1 Å². The first-order chi connectivity index (χ1) is 9.34. The highest BCUT2D eigenvalue weighted by Gasteiger charge is 2.30. The molecular weight excluding hydrogens is 275 g/mol. The number of methoxy groups -OCH3 is 1. The van der Waals surface area contributed by atoms with Crippen molar-refractivity contribution in [2.75, 3.05) is 7.11 Å². The molecule has 8 heteroatoms. The van der Waals surface area contributed by atoms with Crippen LogP contribution in [0, 0.1) is 0 Å². The molecule has 5 nitrogen and oxygen atoms in total. The molecule has 0 N–H and O–H groups in total. The topological polar surface area (TPSA) is 57.0 Å². The van der Waals surface area contributed by atoms with Crippen LogP contribution < -0.4 is 10.3 Å². The van der Waals surface area contributed by atoms with Gasteiger partial charge in [-0.2, -0.15) is 18.3 Å². The number of rotatable bonds is 2. The van der Waals surface area contributed by atoms with Crippen LogP contribution in [0.25, 0.3) is 11.3 Å². The number of aryl methyl sites for hydroxylation is 1. The van der Waals surface area contributed by atoms with Crippen molar-refractivity contribution in [1.82, 2.24) is 14.8 Å². The van der Waals surface area contributed by atoms with Crippen molar-refractivity contribution in [2.24, 2.45) is 7.05 Å². The molecule has 0 aliphatic heterocycles. The summed E-state index contributed by atoms with van der Waals surface area (Å²) in [6.07, 6.45) is -2.44. The fourth-order valence-corrected chi connectivity index (χ4v) is 1.62. The Labute approximate surface area is 111 Å². The molecule has 20 heavy (non-hydrogen) atoms. The molecule has 2 aromatic rings. The molecule has 0 spiro atoms. The van der Waals surface area contributed by atoms with Gasteiger partial charge in [-0.05, 0) is 12.1 Å². The van der Waals surface area contributed by atoms with Gasteiger partial charge in [-0.3, -0.25) is 9.78 Å². The van der Waals surface area contributed by atoms with Crippen molar-refractivity contribution < 1.29 is 17.9 Å². The van der Waals surface area contributed by atoms with Gasteiger partial charge in [0.1, 0.15) is 0 Å². The molecule has 0 atom stereocenters. The molecule has 0 radical (unpaired) electrons. The molecule has 2 rings (SSSR count). The fourth-order valence-electron chi connectivity index (χ4n) is 1.62. The van der Waals surface area contributed by atoms with Crippen molar-refractivity contribution in [3.63, 3.8) is 0 Å². The molecule has 106 valence electrons. The molecule has 0 aliphatic rings. The van der Waals surface area contributed by atoms with E-state index in [1.807, 2.05) is 0 Å². The predicted molar refractivity (Wildman–Crippen MR) is 64.3 cm³/mol. The minimum absolute atomic E-state index is 0.0187. The highest BCUT2D eigenvalue weighted by molar-refractivity contribution is 5.65. The summed E-state index contributed by atoms with van der Waals surface area (Å²) in [4.78, 5) is 15.5. The molecule has 0 saturated heterocycles. The Hall–Kier alpha value is -2.38. The Kier molecular flexibility index (Phi) is 3.47. The molecular formula is C12H10F3N3O2. The number of ether oxygens (including phenoxy) is 1. The molecule has 2 aromatic heterocycles. The summed E-state index contributed by atoms with van der Waals surface area (Å²) in [6, 6.07) is 2.06. The van der Waals surface area contributed by atoms with Crippen LogP contribution in [0.3, 0.4) is 0 Å². The molecule has 0 aromatic carbocycles. The first-order valence-electron chi connectivity index (χ1n) is 5.48. The average Bonchev–Trinajstić information content (AvgIpc) is 2.41. The van der Waals surface area contributed by atoms with Crippen LogP contribution in [0.4, 0.5) is 13.2 Å². The van der Waals surface area contributed by atoms with E-state index in [1.165, 1.54) is 26.4 Å². The maximum absolute atomic E-state index is 12.5. The van der Waals surface area contributed by atoms with Crippen LogP contribution in [0.15, 0.2) is 29.3 Å². The third kappa shape index (κ3) is 2.49. The van der Waals surface area contributed by atoms with Crippen LogP contribution in [0.5, 0.6) is 5.75 Å². The molecule has 0 amide bonds. The monoisotopic (exact) mass is 285 g/mol. The second kappa shape index (κ2) is 4.95. The smallest absolute Gasteiger partial charge is 0.417 e. The summed E-state index contributed by atoms with van der Waals surface area (Å²) in [5, 5.41) is 3.80. The van der Waals surface area contributed by atoms with Gasteiger partial charge in [0.2, 0.25) is 0 Å². The molecule has 0 unspecified atom stereocenters. The minimum Gasteiger partial charge on any atom is -0.491 e. The Balaban J connectivity index is 2.53. The van der Waals surface area contributed by atoms with Gasteiger partial charge in [-0.1, -0.05) is 0 Å². The number of pyridine rings is 1. The molecule has 0 saturated carbocycles. The van der Waals surface area contributed by atoms with E-state index < -0.39 is 17.3 Å². The first-order valence-corrected chi connectivity index (χ1v) is 5.48. The number of hydrogen-bond donors (Lipinski definition) is 0. The minimum atomic E-state index is -4.46. The Morgan fingerprint density at radius 2 is 1.95 bits per heavy atom. The Morgan fingerprint density at radius 3 is 2.45 bits per heavy atom. The van der Waals surface area contributed by atoms with Gasteiger partial charge >= 0.3 is 11.7 Å². The first kappa shape index (κ1) is 14.0. The normalized spacial score (nSPS) is 11.4. The highest BCUT2D eigenvalue weighted by Crippen LogP contribution is 2.30.